The van der Waals surface area contributed by atoms with E-state index in [1.54, 1.807) is 13.8 Å². The highest BCUT2D eigenvalue weighted by Crippen LogP contribution is 2.24. The van der Waals surface area contributed by atoms with E-state index in [1.165, 1.54) is 0 Å². The lowest BCUT2D eigenvalue weighted by Crippen LogP contribution is -2.34. The molecule has 2 aromatic rings. The molecular formula is C15H16N2O4. The standard InChI is InChI=1S/C15H16N2O4/c1-9(8-12(18)19)16-15(20)13-10(2)21-17-14(13)11-6-4-3-5-7-11/h3-7,9H,8H2,1-2H3,(H,16,20)(H,18,19)/t9-/m0/s1. The van der Waals surface area contributed by atoms with Crippen molar-refractivity contribution in [1.82, 2.24) is 10.5 Å². The van der Waals surface area contributed by atoms with Crippen molar-refractivity contribution >= 4 is 11.9 Å². The predicted octanol–water partition coefficient (Wildman–Crippen LogP) is 2.24. The Bertz CT molecular complexity index is 649. The van der Waals surface area contributed by atoms with Crippen molar-refractivity contribution in [2.45, 2.75) is 26.3 Å². The number of aliphatic carboxylic acids is 1. The molecule has 2 rings (SSSR count). The zero-order chi connectivity index (χ0) is 15.4. The van der Waals surface area contributed by atoms with Gasteiger partial charge in [-0.25, -0.2) is 0 Å². The van der Waals surface area contributed by atoms with Crippen LogP contribution >= 0.6 is 0 Å². The second-order valence-electron chi connectivity index (χ2n) is 4.80. The molecule has 1 aromatic carbocycles. The Morgan fingerprint density at radius 1 is 1.33 bits per heavy atom. The quantitative estimate of drug-likeness (QED) is 0.880. The number of hydrogen-bond donors (Lipinski definition) is 2. The van der Waals surface area contributed by atoms with Gasteiger partial charge in [-0.2, -0.15) is 0 Å². The fraction of sp³-hybridized carbons (Fsp3) is 0.267. The Morgan fingerprint density at radius 3 is 2.62 bits per heavy atom. The van der Waals surface area contributed by atoms with Crippen LogP contribution in [0.1, 0.15) is 29.5 Å². The van der Waals surface area contributed by atoms with Crippen molar-refractivity contribution in [3.63, 3.8) is 0 Å². The van der Waals surface area contributed by atoms with E-state index in [-0.39, 0.29) is 12.3 Å². The normalized spacial score (nSPS) is 11.9. The van der Waals surface area contributed by atoms with Crippen molar-refractivity contribution in [2.24, 2.45) is 0 Å². The number of nitrogens with zero attached hydrogens (tertiary/aromatic N) is 1. The average molecular weight is 288 g/mol. The Hall–Kier alpha value is -2.63. The van der Waals surface area contributed by atoms with E-state index in [0.29, 0.717) is 17.0 Å². The summed E-state index contributed by atoms with van der Waals surface area (Å²) < 4.78 is 5.11. The van der Waals surface area contributed by atoms with Gasteiger partial charge in [0.25, 0.3) is 5.91 Å². The van der Waals surface area contributed by atoms with Crippen molar-refractivity contribution in [3.05, 3.63) is 41.7 Å². The highest BCUT2D eigenvalue weighted by Gasteiger charge is 2.23. The molecule has 6 heteroatoms. The maximum Gasteiger partial charge on any atom is 0.305 e. The van der Waals surface area contributed by atoms with Crippen LogP contribution in [0.4, 0.5) is 0 Å². The molecule has 6 nitrogen and oxygen atoms in total. The summed E-state index contributed by atoms with van der Waals surface area (Å²) in [5.41, 5.74) is 1.55. The summed E-state index contributed by atoms with van der Waals surface area (Å²) in [5, 5.41) is 15.3. The summed E-state index contributed by atoms with van der Waals surface area (Å²) in [6.45, 7) is 3.28. The van der Waals surface area contributed by atoms with Gasteiger partial charge >= 0.3 is 5.97 Å². The van der Waals surface area contributed by atoms with Gasteiger partial charge in [-0.1, -0.05) is 35.5 Å². The number of aromatic nitrogens is 1. The lowest BCUT2D eigenvalue weighted by molar-refractivity contribution is -0.137. The molecule has 1 atom stereocenters. The van der Waals surface area contributed by atoms with Crippen molar-refractivity contribution < 1.29 is 19.2 Å². The largest absolute Gasteiger partial charge is 0.481 e. The number of carboxylic acid groups (broad SMARTS) is 1. The average Bonchev–Trinajstić information content (AvgIpc) is 2.80. The van der Waals surface area contributed by atoms with Crippen LogP contribution in [0.5, 0.6) is 0 Å². The van der Waals surface area contributed by atoms with E-state index in [9.17, 15) is 9.59 Å². The second-order valence-corrected chi connectivity index (χ2v) is 4.80. The number of amides is 1. The van der Waals surface area contributed by atoms with Crippen LogP contribution in [-0.2, 0) is 4.79 Å². The molecule has 0 aliphatic carbocycles. The van der Waals surface area contributed by atoms with Gasteiger partial charge in [-0.05, 0) is 13.8 Å². The molecule has 1 heterocycles. The summed E-state index contributed by atoms with van der Waals surface area (Å²) in [4.78, 5) is 23.0. The monoisotopic (exact) mass is 288 g/mol. The fourth-order valence-corrected chi connectivity index (χ4v) is 2.04. The van der Waals surface area contributed by atoms with Crippen LogP contribution in [0.2, 0.25) is 0 Å². The SMILES string of the molecule is Cc1onc(-c2ccccc2)c1C(=O)N[C@@H](C)CC(=O)O. The number of carboxylic acids is 1. The summed E-state index contributed by atoms with van der Waals surface area (Å²) in [5.74, 6) is -0.955. The van der Waals surface area contributed by atoms with E-state index in [2.05, 4.69) is 10.5 Å². The molecule has 0 saturated carbocycles. The van der Waals surface area contributed by atoms with Gasteiger partial charge in [0.15, 0.2) is 0 Å². The van der Waals surface area contributed by atoms with Crippen LogP contribution in [0.3, 0.4) is 0 Å². The highest BCUT2D eigenvalue weighted by atomic mass is 16.5. The number of benzene rings is 1. The maximum absolute atomic E-state index is 12.3. The number of carbonyl (C=O) groups excluding carboxylic acids is 1. The first-order chi connectivity index (χ1) is 9.99. The Morgan fingerprint density at radius 2 is 2.00 bits per heavy atom. The fourth-order valence-electron chi connectivity index (χ4n) is 2.04. The number of aryl methyl sites for hydroxylation is 1. The van der Waals surface area contributed by atoms with E-state index in [0.717, 1.165) is 5.56 Å². The Labute approximate surface area is 121 Å². The number of hydrogen-bond acceptors (Lipinski definition) is 4. The number of nitrogens with one attached hydrogen (secondary N) is 1. The first-order valence-corrected chi connectivity index (χ1v) is 6.53. The van der Waals surface area contributed by atoms with E-state index in [1.807, 2.05) is 30.3 Å². The topological polar surface area (TPSA) is 92.4 Å². The van der Waals surface area contributed by atoms with Gasteiger partial charge in [0.2, 0.25) is 0 Å². The lowest BCUT2D eigenvalue weighted by Gasteiger charge is -2.11. The van der Waals surface area contributed by atoms with E-state index in [4.69, 9.17) is 9.63 Å². The molecule has 0 radical (unpaired) electrons. The molecule has 1 aromatic heterocycles. The molecule has 2 N–H and O–H groups in total. The second kappa shape index (κ2) is 6.21. The summed E-state index contributed by atoms with van der Waals surface area (Å²) in [7, 11) is 0. The summed E-state index contributed by atoms with van der Waals surface area (Å²) in [6, 6.07) is 8.73. The molecule has 1 amide bonds. The van der Waals surface area contributed by atoms with Gasteiger partial charge in [0.05, 0.1) is 6.42 Å². The molecule has 0 bridgehead atoms. The third-order valence-corrected chi connectivity index (χ3v) is 3.00. The van der Waals surface area contributed by atoms with Crippen LogP contribution in [0.15, 0.2) is 34.9 Å². The number of rotatable bonds is 5. The number of carbonyl (C=O) groups is 2. The predicted molar refractivity (Wildman–Crippen MR) is 75.9 cm³/mol. The van der Waals surface area contributed by atoms with Gasteiger partial charge in [-0.3, -0.25) is 9.59 Å². The highest BCUT2D eigenvalue weighted by molar-refractivity contribution is 6.01. The summed E-state index contributed by atoms with van der Waals surface area (Å²) in [6.07, 6.45) is -0.142. The Balaban J connectivity index is 2.26. The Kier molecular flexibility index (Phi) is 4.37. The third kappa shape index (κ3) is 3.47. The van der Waals surface area contributed by atoms with Crippen LogP contribution < -0.4 is 5.32 Å². The molecule has 0 fully saturated rings. The first kappa shape index (κ1) is 14.8. The minimum atomic E-state index is -0.965. The zero-order valence-corrected chi connectivity index (χ0v) is 11.8. The molecule has 110 valence electrons. The molecule has 0 saturated heterocycles. The molecule has 0 aliphatic rings. The van der Waals surface area contributed by atoms with Crippen LogP contribution in [0.25, 0.3) is 11.3 Å². The molecule has 21 heavy (non-hydrogen) atoms. The van der Waals surface area contributed by atoms with Crippen LogP contribution in [0, 0.1) is 6.92 Å². The lowest BCUT2D eigenvalue weighted by atomic mass is 10.1. The van der Waals surface area contributed by atoms with Gasteiger partial charge < -0.3 is 14.9 Å². The van der Waals surface area contributed by atoms with Gasteiger partial charge in [0, 0.05) is 11.6 Å². The van der Waals surface area contributed by atoms with Crippen molar-refractivity contribution in [2.75, 3.05) is 0 Å². The van der Waals surface area contributed by atoms with Gasteiger partial charge in [-0.15, -0.1) is 0 Å². The maximum atomic E-state index is 12.3. The van der Waals surface area contributed by atoms with Crippen molar-refractivity contribution in [1.29, 1.82) is 0 Å². The molecule has 0 aliphatic heterocycles. The molecule has 0 spiro atoms. The first-order valence-electron chi connectivity index (χ1n) is 6.53. The van der Waals surface area contributed by atoms with Crippen LogP contribution in [-0.4, -0.2) is 28.2 Å². The van der Waals surface area contributed by atoms with E-state index >= 15 is 0 Å². The van der Waals surface area contributed by atoms with Gasteiger partial charge in [0.1, 0.15) is 17.0 Å². The third-order valence-electron chi connectivity index (χ3n) is 3.00. The summed E-state index contributed by atoms with van der Waals surface area (Å²) >= 11 is 0. The smallest absolute Gasteiger partial charge is 0.305 e. The zero-order valence-electron chi connectivity index (χ0n) is 11.8. The minimum absolute atomic E-state index is 0.142. The van der Waals surface area contributed by atoms with Crippen molar-refractivity contribution in [3.8, 4) is 11.3 Å². The molecule has 0 unspecified atom stereocenters. The molecular weight excluding hydrogens is 272 g/mol. The van der Waals surface area contributed by atoms with E-state index < -0.39 is 12.0 Å². The minimum Gasteiger partial charge on any atom is -0.481 e.